The summed E-state index contributed by atoms with van der Waals surface area (Å²) in [6, 6.07) is 10.3. The molecule has 2 aromatic carbocycles. The number of Topliss-reactive ketones (excluding diaryl/α,β-unsaturated/α-hetero) is 2. The third-order valence-corrected chi connectivity index (χ3v) is 7.97. The molecular weight excluding hydrogens is 464 g/mol. The Labute approximate surface area is 218 Å². The monoisotopic (exact) mass is 502 g/mol. The maximum atomic E-state index is 13.4. The molecule has 37 heavy (non-hydrogen) atoms. The quantitative estimate of drug-likeness (QED) is 0.256. The van der Waals surface area contributed by atoms with E-state index >= 15 is 0 Å². The van der Waals surface area contributed by atoms with Gasteiger partial charge in [0.15, 0.2) is 11.6 Å². The van der Waals surface area contributed by atoms with E-state index in [0.717, 1.165) is 52.1 Å². The second kappa shape index (κ2) is 12.1. The van der Waals surface area contributed by atoms with Gasteiger partial charge in [0.2, 0.25) is 5.43 Å². The fourth-order valence-corrected chi connectivity index (χ4v) is 5.78. The van der Waals surface area contributed by atoms with Crippen LogP contribution in [0.3, 0.4) is 0 Å². The summed E-state index contributed by atoms with van der Waals surface area (Å²) < 4.78 is 5.98. The van der Waals surface area contributed by atoms with Crippen molar-refractivity contribution in [1.82, 2.24) is 9.80 Å². The molecular formula is C31H38N2O4. The van der Waals surface area contributed by atoms with E-state index in [1.54, 1.807) is 36.4 Å². The molecule has 0 aliphatic carbocycles. The van der Waals surface area contributed by atoms with E-state index in [2.05, 4.69) is 9.80 Å². The highest BCUT2D eigenvalue weighted by molar-refractivity contribution is 6.02. The van der Waals surface area contributed by atoms with Crippen molar-refractivity contribution in [2.24, 2.45) is 0 Å². The highest BCUT2D eigenvalue weighted by Gasteiger charge is 2.16. The Morgan fingerprint density at radius 1 is 0.649 bits per heavy atom. The van der Waals surface area contributed by atoms with Crippen molar-refractivity contribution in [2.45, 2.75) is 64.2 Å². The van der Waals surface area contributed by atoms with Crippen molar-refractivity contribution < 1.29 is 14.0 Å². The number of piperidine rings is 2. The van der Waals surface area contributed by atoms with Crippen molar-refractivity contribution in [3.63, 3.8) is 0 Å². The summed E-state index contributed by atoms with van der Waals surface area (Å²) in [6.45, 7) is 6.40. The number of ketones is 2. The van der Waals surface area contributed by atoms with Crippen LogP contribution in [0.15, 0.2) is 45.6 Å². The van der Waals surface area contributed by atoms with Crippen molar-refractivity contribution in [1.29, 1.82) is 0 Å². The van der Waals surface area contributed by atoms with E-state index in [0.29, 0.717) is 45.9 Å². The highest BCUT2D eigenvalue weighted by atomic mass is 16.3. The van der Waals surface area contributed by atoms with Crippen molar-refractivity contribution in [3.8, 4) is 0 Å². The number of hydrogen-bond acceptors (Lipinski definition) is 6. The molecule has 0 radical (unpaired) electrons. The average Bonchev–Trinajstić information content (AvgIpc) is 2.94. The second-order valence-corrected chi connectivity index (χ2v) is 10.7. The van der Waals surface area contributed by atoms with Gasteiger partial charge in [-0.15, -0.1) is 0 Å². The van der Waals surface area contributed by atoms with Crippen LogP contribution in [0.5, 0.6) is 0 Å². The summed E-state index contributed by atoms with van der Waals surface area (Å²) in [4.78, 5) is 44.0. The summed E-state index contributed by atoms with van der Waals surface area (Å²) in [5.74, 6) is 0.104. The first-order valence-electron chi connectivity index (χ1n) is 14.1. The van der Waals surface area contributed by atoms with Gasteiger partial charge in [0.1, 0.15) is 11.2 Å². The molecule has 196 valence electrons. The Bertz CT molecular complexity index is 1220. The predicted octanol–water partition coefficient (Wildman–Crippen LogP) is 5.84. The molecule has 0 bridgehead atoms. The standard InChI is InChI=1S/C31H38N2O4/c34-27(9-7-19-32-15-3-1-4-16-32)23-11-13-29-25(21-23)31(36)26-22-24(12-14-30(26)37-29)28(35)10-8-20-33-17-5-2-6-18-33/h11-14,21-22H,1-10,15-20H2. The number of carbonyl (C=O) groups excluding carboxylic acids is 2. The minimum Gasteiger partial charge on any atom is -0.456 e. The van der Waals surface area contributed by atoms with Crippen LogP contribution in [0.25, 0.3) is 21.9 Å². The van der Waals surface area contributed by atoms with E-state index in [4.69, 9.17) is 4.42 Å². The van der Waals surface area contributed by atoms with Crippen LogP contribution in [0.1, 0.15) is 84.9 Å². The molecule has 2 saturated heterocycles. The molecule has 6 nitrogen and oxygen atoms in total. The number of fused-ring (bicyclic) bond motifs is 2. The van der Waals surface area contributed by atoms with Gasteiger partial charge in [-0.2, -0.15) is 0 Å². The van der Waals surface area contributed by atoms with E-state index < -0.39 is 0 Å². The molecule has 1 aromatic heterocycles. The minimum atomic E-state index is -0.192. The minimum absolute atomic E-state index is 0.0519. The Morgan fingerprint density at radius 2 is 1.08 bits per heavy atom. The van der Waals surface area contributed by atoms with Crippen LogP contribution < -0.4 is 5.43 Å². The molecule has 0 atom stereocenters. The summed E-state index contributed by atoms with van der Waals surface area (Å²) in [7, 11) is 0. The summed E-state index contributed by atoms with van der Waals surface area (Å²) >= 11 is 0. The van der Waals surface area contributed by atoms with Gasteiger partial charge in [-0.3, -0.25) is 14.4 Å². The van der Waals surface area contributed by atoms with Gasteiger partial charge in [0, 0.05) is 24.0 Å². The largest absolute Gasteiger partial charge is 0.456 e. The SMILES string of the molecule is O=C(CCCN1CCCCC1)c1ccc2oc3ccc(C(=O)CCCN4CCCCC4)cc3c(=O)c2c1. The average molecular weight is 503 g/mol. The van der Waals surface area contributed by atoms with Gasteiger partial charge < -0.3 is 14.2 Å². The summed E-state index contributed by atoms with van der Waals surface area (Å²) in [6.07, 6.45) is 10.2. The van der Waals surface area contributed by atoms with E-state index in [1.807, 2.05) is 0 Å². The summed E-state index contributed by atoms with van der Waals surface area (Å²) in [5.41, 5.74) is 1.82. The zero-order valence-corrected chi connectivity index (χ0v) is 21.8. The van der Waals surface area contributed by atoms with E-state index in [1.165, 1.54) is 38.5 Å². The fraction of sp³-hybridized carbons (Fsp3) is 0.516. The zero-order chi connectivity index (χ0) is 25.6. The number of nitrogens with zero attached hydrogens (tertiary/aromatic N) is 2. The number of carbonyl (C=O) groups is 2. The lowest BCUT2D eigenvalue weighted by molar-refractivity contribution is 0.0965. The van der Waals surface area contributed by atoms with Crippen LogP contribution in [-0.4, -0.2) is 60.6 Å². The third kappa shape index (κ3) is 6.36. The smallest absolute Gasteiger partial charge is 0.200 e. The van der Waals surface area contributed by atoms with Crippen LogP contribution in [0.4, 0.5) is 0 Å². The van der Waals surface area contributed by atoms with Gasteiger partial charge in [-0.25, -0.2) is 0 Å². The molecule has 3 heterocycles. The highest BCUT2D eigenvalue weighted by Crippen LogP contribution is 2.22. The predicted molar refractivity (Wildman–Crippen MR) is 148 cm³/mol. The first-order valence-corrected chi connectivity index (χ1v) is 14.1. The molecule has 0 spiro atoms. The Hall–Kier alpha value is -2.83. The molecule has 0 N–H and O–H groups in total. The molecule has 3 aromatic rings. The van der Waals surface area contributed by atoms with Gasteiger partial charge in [-0.05, 0) is 114 Å². The molecule has 2 aliphatic heterocycles. The molecule has 5 rings (SSSR count). The lowest BCUT2D eigenvalue weighted by atomic mass is 10.0. The molecule has 2 fully saturated rings. The number of hydrogen-bond donors (Lipinski definition) is 0. The first kappa shape index (κ1) is 25.8. The van der Waals surface area contributed by atoms with Crippen molar-refractivity contribution >= 4 is 33.5 Å². The van der Waals surface area contributed by atoms with Crippen LogP contribution in [-0.2, 0) is 0 Å². The van der Waals surface area contributed by atoms with Gasteiger partial charge >= 0.3 is 0 Å². The van der Waals surface area contributed by atoms with Crippen molar-refractivity contribution in [2.75, 3.05) is 39.3 Å². The first-order chi connectivity index (χ1) is 18.1. The van der Waals surface area contributed by atoms with Gasteiger partial charge in [0.05, 0.1) is 10.8 Å². The van der Waals surface area contributed by atoms with Crippen LogP contribution in [0.2, 0.25) is 0 Å². The molecule has 0 unspecified atom stereocenters. The Morgan fingerprint density at radius 3 is 1.51 bits per heavy atom. The Balaban J connectivity index is 1.27. The number of likely N-dealkylation sites (tertiary alicyclic amines) is 2. The maximum Gasteiger partial charge on any atom is 0.200 e. The normalized spacial score (nSPS) is 17.4. The van der Waals surface area contributed by atoms with Crippen molar-refractivity contribution in [3.05, 3.63) is 57.7 Å². The maximum absolute atomic E-state index is 13.4. The van der Waals surface area contributed by atoms with Crippen LogP contribution in [0, 0.1) is 0 Å². The second-order valence-electron chi connectivity index (χ2n) is 10.7. The molecule has 0 saturated carbocycles. The van der Waals surface area contributed by atoms with E-state index in [-0.39, 0.29) is 17.0 Å². The fourth-order valence-electron chi connectivity index (χ4n) is 5.78. The molecule has 0 amide bonds. The molecule has 2 aliphatic rings. The zero-order valence-electron chi connectivity index (χ0n) is 21.8. The third-order valence-electron chi connectivity index (χ3n) is 7.97. The number of rotatable bonds is 10. The summed E-state index contributed by atoms with van der Waals surface area (Å²) in [5, 5.41) is 0.785. The lowest BCUT2D eigenvalue weighted by Gasteiger charge is -2.26. The topological polar surface area (TPSA) is 70.8 Å². The Kier molecular flexibility index (Phi) is 8.47. The molecule has 6 heteroatoms. The van der Waals surface area contributed by atoms with Crippen LogP contribution >= 0.6 is 0 Å². The number of benzene rings is 2. The van der Waals surface area contributed by atoms with Gasteiger partial charge in [-0.1, -0.05) is 12.8 Å². The van der Waals surface area contributed by atoms with Gasteiger partial charge in [0.25, 0.3) is 0 Å². The lowest BCUT2D eigenvalue weighted by Crippen LogP contribution is -2.30. The van der Waals surface area contributed by atoms with E-state index in [9.17, 15) is 14.4 Å².